The van der Waals surface area contributed by atoms with Gasteiger partial charge < -0.3 is 9.69 Å². The standard InChI is InChI=1S/C17H25NO/c1-3-18(16-9-7-15(2)8-10-16)13-17(14-19)11-5-4-6-12-17/h7-10,14H,3-6,11-13H2,1-2H3. The molecule has 1 aliphatic carbocycles. The van der Waals surface area contributed by atoms with Crippen LogP contribution >= 0.6 is 0 Å². The summed E-state index contributed by atoms with van der Waals surface area (Å²) in [6.07, 6.45) is 7.02. The van der Waals surface area contributed by atoms with E-state index in [9.17, 15) is 4.79 Å². The summed E-state index contributed by atoms with van der Waals surface area (Å²) in [7, 11) is 0. The maximum absolute atomic E-state index is 11.6. The lowest BCUT2D eigenvalue weighted by Gasteiger charge is -2.37. The molecule has 2 heteroatoms. The average molecular weight is 259 g/mol. The van der Waals surface area contributed by atoms with Gasteiger partial charge in [-0.2, -0.15) is 0 Å². The number of hydrogen-bond donors (Lipinski definition) is 0. The Kier molecular flexibility index (Phi) is 4.62. The Morgan fingerprint density at radius 2 is 1.79 bits per heavy atom. The Balaban J connectivity index is 2.13. The van der Waals surface area contributed by atoms with Gasteiger partial charge in [0.1, 0.15) is 6.29 Å². The predicted octanol–water partition coefficient (Wildman–Crippen LogP) is 3.97. The molecule has 0 unspecified atom stereocenters. The minimum absolute atomic E-state index is 0.112. The van der Waals surface area contributed by atoms with Gasteiger partial charge in [0.2, 0.25) is 0 Å². The second-order valence-corrected chi connectivity index (χ2v) is 5.89. The lowest BCUT2D eigenvalue weighted by atomic mass is 9.75. The van der Waals surface area contributed by atoms with E-state index in [1.165, 1.54) is 36.8 Å². The largest absolute Gasteiger partial charge is 0.371 e. The highest BCUT2D eigenvalue weighted by molar-refractivity contribution is 5.62. The molecule has 1 fully saturated rings. The number of anilines is 1. The van der Waals surface area contributed by atoms with Gasteiger partial charge >= 0.3 is 0 Å². The zero-order valence-corrected chi connectivity index (χ0v) is 12.2. The normalized spacial score (nSPS) is 18.0. The van der Waals surface area contributed by atoms with Crippen LogP contribution in [0, 0.1) is 12.3 Å². The van der Waals surface area contributed by atoms with E-state index < -0.39 is 0 Å². The minimum atomic E-state index is -0.112. The minimum Gasteiger partial charge on any atom is -0.371 e. The van der Waals surface area contributed by atoms with Crippen molar-refractivity contribution < 1.29 is 4.79 Å². The average Bonchev–Trinajstić information content (AvgIpc) is 2.47. The van der Waals surface area contributed by atoms with Crippen molar-refractivity contribution in [1.82, 2.24) is 0 Å². The molecule has 0 saturated heterocycles. The molecule has 0 heterocycles. The second-order valence-electron chi connectivity index (χ2n) is 5.89. The third-order valence-electron chi connectivity index (χ3n) is 4.39. The molecule has 0 N–H and O–H groups in total. The first kappa shape index (κ1) is 14.1. The highest BCUT2D eigenvalue weighted by Gasteiger charge is 2.33. The van der Waals surface area contributed by atoms with Crippen LogP contribution in [0.15, 0.2) is 24.3 Å². The Morgan fingerprint density at radius 1 is 1.16 bits per heavy atom. The van der Waals surface area contributed by atoms with Crippen molar-refractivity contribution in [2.75, 3.05) is 18.0 Å². The van der Waals surface area contributed by atoms with Crippen LogP contribution in [0.3, 0.4) is 0 Å². The predicted molar refractivity (Wildman–Crippen MR) is 80.6 cm³/mol. The number of rotatable bonds is 5. The van der Waals surface area contributed by atoms with E-state index in [1.54, 1.807) is 0 Å². The van der Waals surface area contributed by atoms with Gasteiger partial charge in [0, 0.05) is 24.2 Å². The van der Waals surface area contributed by atoms with Gasteiger partial charge in [-0.3, -0.25) is 0 Å². The van der Waals surface area contributed by atoms with Crippen molar-refractivity contribution in [2.45, 2.75) is 46.0 Å². The molecule has 0 aliphatic heterocycles. The molecule has 19 heavy (non-hydrogen) atoms. The Morgan fingerprint density at radius 3 is 2.32 bits per heavy atom. The Hall–Kier alpha value is -1.31. The van der Waals surface area contributed by atoms with Gasteiger partial charge in [-0.1, -0.05) is 37.0 Å². The molecule has 1 aromatic carbocycles. The summed E-state index contributed by atoms with van der Waals surface area (Å²) in [6.45, 7) is 6.10. The van der Waals surface area contributed by atoms with Crippen molar-refractivity contribution in [1.29, 1.82) is 0 Å². The Labute approximate surface area is 116 Å². The first-order valence-electron chi connectivity index (χ1n) is 7.47. The van der Waals surface area contributed by atoms with E-state index in [-0.39, 0.29) is 5.41 Å². The van der Waals surface area contributed by atoms with Crippen LogP contribution < -0.4 is 4.90 Å². The molecule has 0 amide bonds. The summed E-state index contributed by atoms with van der Waals surface area (Å²) in [5.74, 6) is 0. The van der Waals surface area contributed by atoms with Crippen molar-refractivity contribution in [2.24, 2.45) is 5.41 Å². The lowest BCUT2D eigenvalue weighted by molar-refractivity contribution is -0.117. The fourth-order valence-corrected chi connectivity index (χ4v) is 3.09. The van der Waals surface area contributed by atoms with Gasteiger partial charge in [-0.05, 0) is 38.8 Å². The van der Waals surface area contributed by atoms with Crippen LogP contribution in [0.5, 0.6) is 0 Å². The van der Waals surface area contributed by atoms with Crippen LogP contribution in [-0.4, -0.2) is 19.4 Å². The van der Waals surface area contributed by atoms with Crippen LogP contribution in [0.2, 0.25) is 0 Å². The maximum atomic E-state index is 11.6. The summed E-state index contributed by atoms with van der Waals surface area (Å²) >= 11 is 0. The molecular formula is C17H25NO. The fraction of sp³-hybridized carbons (Fsp3) is 0.588. The smallest absolute Gasteiger partial charge is 0.127 e. The molecule has 0 bridgehead atoms. The number of aldehydes is 1. The van der Waals surface area contributed by atoms with Crippen LogP contribution in [0.1, 0.15) is 44.6 Å². The molecule has 0 aromatic heterocycles. The molecule has 1 saturated carbocycles. The summed E-state index contributed by atoms with van der Waals surface area (Å²) in [5.41, 5.74) is 2.40. The number of carbonyl (C=O) groups excluding carboxylic acids is 1. The van der Waals surface area contributed by atoms with Crippen molar-refractivity contribution in [3.63, 3.8) is 0 Å². The molecule has 2 nitrogen and oxygen atoms in total. The monoisotopic (exact) mass is 259 g/mol. The van der Waals surface area contributed by atoms with Gasteiger partial charge in [0.25, 0.3) is 0 Å². The third-order valence-corrected chi connectivity index (χ3v) is 4.39. The molecular weight excluding hydrogens is 234 g/mol. The maximum Gasteiger partial charge on any atom is 0.127 e. The lowest BCUT2D eigenvalue weighted by Crippen LogP contribution is -2.40. The molecule has 0 radical (unpaired) electrons. The van der Waals surface area contributed by atoms with E-state index in [2.05, 4.69) is 43.0 Å². The number of hydrogen-bond acceptors (Lipinski definition) is 2. The molecule has 1 aliphatic rings. The highest BCUT2D eigenvalue weighted by atomic mass is 16.1. The van der Waals surface area contributed by atoms with E-state index >= 15 is 0 Å². The summed E-state index contributed by atoms with van der Waals surface area (Å²) in [5, 5.41) is 0. The summed E-state index contributed by atoms with van der Waals surface area (Å²) in [4.78, 5) is 13.9. The zero-order chi connectivity index (χ0) is 13.7. The van der Waals surface area contributed by atoms with Gasteiger partial charge in [-0.15, -0.1) is 0 Å². The van der Waals surface area contributed by atoms with Gasteiger partial charge in [0.05, 0.1) is 0 Å². The van der Waals surface area contributed by atoms with Crippen LogP contribution in [-0.2, 0) is 4.79 Å². The first-order chi connectivity index (χ1) is 9.19. The van der Waals surface area contributed by atoms with E-state index in [1.807, 2.05) is 0 Å². The van der Waals surface area contributed by atoms with Gasteiger partial charge in [-0.25, -0.2) is 0 Å². The molecule has 104 valence electrons. The van der Waals surface area contributed by atoms with Gasteiger partial charge in [0.15, 0.2) is 0 Å². The molecule has 0 spiro atoms. The zero-order valence-electron chi connectivity index (χ0n) is 12.2. The Bertz CT molecular complexity index is 404. The third kappa shape index (κ3) is 3.37. The molecule has 1 aromatic rings. The van der Waals surface area contributed by atoms with Crippen molar-refractivity contribution in [3.05, 3.63) is 29.8 Å². The van der Waals surface area contributed by atoms with E-state index in [4.69, 9.17) is 0 Å². The SMILES string of the molecule is CCN(CC1(C=O)CCCCC1)c1ccc(C)cc1. The second kappa shape index (κ2) is 6.23. The van der Waals surface area contributed by atoms with Crippen molar-refractivity contribution >= 4 is 12.0 Å². The van der Waals surface area contributed by atoms with Crippen LogP contribution in [0.4, 0.5) is 5.69 Å². The topological polar surface area (TPSA) is 20.3 Å². The fourth-order valence-electron chi connectivity index (χ4n) is 3.09. The number of nitrogens with zero attached hydrogens (tertiary/aromatic N) is 1. The number of benzene rings is 1. The van der Waals surface area contributed by atoms with Crippen LogP contribution in [0.25, 0.3) is 0 Å². The molecule has 2 rings (SSSR count). The first-order valence-corrected chi connectivity index (χ1v) is 7.47. The summed E-state index contributed by atoms with van der Waals surface area (Å²) < 4.78 is 0. The van der Waals surface area contributed by atoms with E-state index in [0.717, 1.165) is 25.9 Å². The number of aryl methyl sites for hydroxylation is 1. The van der Waals surface area contributed by atoms with Crippen molar-refractivity contribution in [3.8, 4) is 0 Å². The summed E-state index contributed by atoms with van der Waals surface area (Å²) in [6, 6.07) is 8.62. The number of carbonyl (C=O) groups is 1. The molecule has 0 atom stereocenters. The quantitative estimate of drug-likeness (QED) is 0.746. The van der Waals surface area contributed by atoms with E-state index in [0.29, 0.717) is 0 Å². The highest BCUT2D eigenvalue weighted by Crippen LogP contribution is 2.36.